The Morgan fingerprint density at radius 1 is 0.471 bits per heavy atom. The number of allylic oxidation sites excluding steroid dienone is 6. The van der Waals surface area contributed by atoms with Crippen molar-refractivity contribution in [3.05, 3.63) is 36.5 Å². The highest BCUT2D eigenvalue weighted by atomic mass is 14.2. The minimum atomic E-state index is 0.410. The van der Waals surface area contributed by atoms with E-state index in [0.29, 0.717) is 22.7 Å². The van der Waals surface area contributed by atoms with Gasteiger partial charge in [0.1, 0.15) is 0 Å². The summed E-state index contributed by atoms with van der Waals surface area (Å²) in [7, 11) is 0. The molecule has 204 valence electrons. The largest absolute Gasteiger partial charge is 0.0880 e. The Hall–Kier alpha value is -0.780. The molecule has 0 fully saturated rings. The van der Waals surface area contributed by atoms with Crippen molar-refractivity contribution in [2.24, 2.45) is 46.3 Å². The van der Waals surface area contributed by atoms with E-state index in [4.69, 9.17) is 0 Å². The molecular weight excluding hydrogens is 408 g/mol. The number of hydrogen-bond donors (Lipinski definition) is 0. The Morgan fingerprint density at radius 3 is 0.941 bits per heavy atom. The van der Waals surface area contributed by atoms with Gasteiger partial charge < -0.3 is 0 Å². The Balaban J connectivity index is -0.000000426. The highest BCUT2D eigenvalue weighted by Crippen LogP contribution is 2.27. The average Bonchev–Trinajstić information content (AvgIpc) is 2.66. The lowest BCUT2D eigenvalue weighted by Gasteiger charge is -2.24. The minimum Gasteiger partial charge on any atom is -0.0880 e. The van der Waals surface area contributed by atoms with Crippen LogP contribution < -0.4 is 0 Å². The molecule has 0 radical (unpaired) electrons. The lowest BCUT2D eigenvalue weighted by molar-refractivity contribution is 0.313. The summed E-state index contributed by atoms with van der Waals surface area (Å²) in [6.07, 6.45) is 18.9. The van der Waals surface area contributed by atoms with E-state index in [1.165, 1.54) is 25.7 Å². The Kier molecular flexibility index (Phi) is 22.7. The molecule has 0 bridgehead atoms. The van der Waals surface area contributed by atoms with Gasteiger partial charge in [0.2, 0.25) is 0 Å². The van der Waals surface area contributed by atoms with Crippen molar-refractivity contribution in [2.45, 2.75) is 136 Å². The zero-order valence-corrected chi connectivity index (χ0v) is 26.8. The lowest BCUT2D eigenvalue weighted by Crippen LogP contribution is -2.14. The van der Waals surface area contributed by atoms with Crippen LogP contribution in [-0.4, -0.2) is 0 Å². The Labute approximate surface area is 219 Å². The molecule has 0 saturated heterocycles. The first-order valence-electron chi connectivity index (χ1n) is 14.3. The van der Waals surface area contributed by atoms with Gasteiger partial charge in [0.05, 0.1) is 0 Å². The molecule has 0 aromatic heterocycles. The van der Waals surface area contributed by atoms with Gasteiger partial charge in [0, 0.05) is 0 Å². The van der Waals surface area contributed by atoms with Crippen LogP contribution in [0.25, 0.3) is 0 Å². The molecule has 0 aromatic rings. The number of rotatable bonds is 10. The van der Waals surface area contributed by atoms with Gasteiger partial charge in [0.25, 0.3) is 0 Å². The Morgan fingerprint density at radius 2 is 0.735 bits per heavy atom. The van der Waals surface area contributed by atoms with E-state index in [1.54, 1.807) is 0 Å². The zero-order chi connectivity index (χ0) is 27.5. The molecule has 0 aliphatic carbocycles. The standard InChI is InChI=1S/2C12H24.C10H20/c2*1-10(2)8-7-9-11(3)12(4,5)6;1-5-10(4)8-6-7-9(2)3/h2*7,9-11H,8H2,1-6H3;6,8-10H,5,7H2,1-4H3/b2*9-7+;8-6+. The highest BCUT2D eigenvalue weighted by molar-refractivity contribution is 4.93. The molecule has 3 atom stereocenters. The maximum Gasteiger partial charge on any atom is -0.0213 e. The first-order valence-corrected chi connectivity index (χ1v) is 14.3. The van der Waals surface area contributed by atoms with Crippen LogP contribution in [0.2, 0.25) is 0 Å². The Bertz CT molecular complexity index is 477. The van der Waals surface area contributed by atoms with Gasteiger partial charge in [-0.05, 0) is 65.6 Å². The molecular formula is C34H68. The molecule has 0 spiro atoms. The summed E-state index contributed by atoms with van der Waals surface area (Å²) < 4.78 is 0. The molecule has 0 aromatic carbocycles. The van der Waals surface area contributed by atoms with E-state index in [9.17, 15) is 0 Å². The number of hydrogen-bond acceptors (Lipinski definition) is 0. The van der Waals surface area contributed by atoms with Crippen molar-refractivity contribution in [3.8, 4) is 0 Å². The summed E-state index contributed by atoms with van der Waals surface area (Å²) in [6, 6.07) is 0. The van der Waals surface area contributed by atoms with Crippen LogP contribution in [0.5, 0.6) is 0 Å². The molecule has 0 amide bonds. The molecule has 0 heterocycles. The van der Waals surface area contributed by atoms with Gasteiger partial charge in [0.15, 0.2) is 0 Å². The first-order chi connectivity index (χ1) is 15.3. The molecule has 34 heavy (non-hydrogen) atoms. The molecule has 0 saturated carbocycles. The van der Waals surface area contributed by atoms with Gasteiger partial charge in [-0.1, -0.05) is 154 Å². The molecule has 0 N–H and O–H groups in total. The van der Waals surface area contributed by atoms with Gasteiger partial charge in [-0.3, -0.25) is 0 Å². The van der Waals surface area contributed by atoms with Crippen molar-refractivity contribution in [1.29, 1.82) is 0 Å². The van der Waals surface area contributed by atoms with E-state index in [2.05, 4.69) is 147 Å². The molecule has 0 nitrogen and oxygen atoms in total. The van der Waals surface area contributed by atoms with Crippen LogP contribution >= 0.6 is 0 Å². The third kappa shape index (κ3) is 29.3. The maximum atomic E-state index is 2.35. The third-order valence-electron chi connectivity index (χ3n) is 6.51. The van der Waals surface area contributed by atoms with Crippen LogP contribution in [0.15, 0.2) is 36.5 Å². The smallest absolute Gasteiger partial charge is 0.0213 e. The molecule has 3 unspecified atom stereocenters. The second kappa shape index (κ2) is 20.4. The second-order valence-electron chi connectivity index (χ2n) is 13.9. The van der Waals surface area contributed by atoms with Crippen LogP contribution in [0.1, 0.15) is 136 Å². The second-order valence-corrected chi connectivity index (χ2v) is 13.9. The summed E-state index contributed by atoms with van der Waals surface area (Å²) >= 11 is 0. The minimum absolute atomic E-state index is 0.410. The van der Waals surface area contributed by atoms with Crippen molar-refractivity contribution >= 4 is 0 Å². The SMILES string of the molecule is CC(C)C/C=C/C(C)C(C)(C)C.CC(C)C/C=C/C(C)C(C)(C)C.CCC(C)/C=C/CC(C)C. The van der Waals surface area contributed by atoms with Crippen molar-refractivity contribution in [3.63, 3.8) is 0 Å². The summed E-state index contributed by atoms with van der Waals surface area (Å²) in [6.45, 7) is 36.3. The molecule has 0 rings (SSSR count). The molecule has 0 heteroatoms. The molecule has 0 aliphatic rings. The van der Waals surface area contributed by atoms with Crippen molar-refractivity contribution in [1.82, 2.24) is 0 Å². The fourth-order valence-corrected chi connectivity index (χ4v) is 2.41. The summed E-state index contributed by atoms with van der Waals surface area (Å²) in [4.78, 5) is 0. The van der Waals surface area contributed by atoms with Gasteiger partial charge in [-0.2, -0.15) is 0 Å². The van der Waals surface area contributed by atoms with E-state index < -0.39 is 0 Å². The predicted molar refractivity (Wildman–Crippen MR) is 162 cm³/mol. The normalized spacial score (nSPS) is 15.6. The third-order valence-corrected chi connectivity index (χ3v) is 6.51. The fraction of sp³-hybridized carbons (Fsp3) is 0.824. The van der Waals surface area contributed by atoms with Crippen LogP contribution in [-0.2, 0) is 0 Å². The topological polar surface area (TPSA) is 0 Å². The van der Waals surface area contributed by atoms with Gasteiger partial charge in [-0.25, -0.2) is 0 Å². The monoisotopic (exact) mass is 477 g/mol. The van der Waals surface area contributed by atoms with Crippen LogP contribution in [0.3, 0.4) is 0 Å². The average molecular weight is 477 g/mol. The molecule has 0 aliphatic heterocycles. The first kappa shape index (κ1) is 37.8. The quantitative estimate of drug-likeness (QED) is 0.275. The lowest BCUT2D eigenvalue weighted by atomic mass is 9.82. The van der Waals surface area contributed by atoms with Gasteiger partial charge >= 0.3 is 0 Å². The summed E-state index contributed by atoms with van der Waals surface area (Å²) in [5.41, 5.74) is 0.820. The van der Waals surface area contributed by atoms with Crippen LogP contribution in [0, 0.1) is 46.3 Å². The highest BCUT2D eigenvalue weighted by Gasteiger charge is 2.17. The predicted octanol–water partition coefficient (Wildman–Crippen LogP) is 12.2. The van der Waals surface area contributed by atoms with Crippen molar-refractivity contribution < 1.29 is 0 Å². The van der Waals surface area contributed by atoms with E-state index >= 15 is 0 Å². The summed E-state index contributed by atoms with van der Waals surface area (Å²) in [5, 5.41) is 0. The van der Waals surface area contributed by atoms with E-state index in [1.807, 2.05) is 0 Å². The summed E-state index contributed by atoms with van der Waals surface area (Å²) in [5.74, 6) is 4.49. The van der Waals surface area contributed by atoms with E-state index in [0.717, 1.165) is 23.7 Å². The van der Waals surface area contributed by atoms with E-state index in [-0.39, 0.29) is 0 Å². The fourth-order valence-electron chi connectivity index (χ4n) is 2.41. The van der Waals surface area contributed by atoms with Gasteiger partial charge in [-0.15, -0.1) is 0 Å². The maximum absolute atomic E-state index is 2.35. The zero-order valence-electron chi connectivity index (χ0n) is 26.8. The van der Waals surface area contributed by atoms with Crippen molar-refractivity contribution in [2.75, 3.05) is 0 Å². The van der Waals surface area contributed by atoms with Crippen LogP contribution in [0.4, 0.5) is 0 Å².